The Morgan fingerprint density at radius 1 is 1.43 bits per heavy atom. The Balaban J connectivity index is 4.74. The first-order chi connectivity index (χ1) is 9.61. The summed E-state index contributed by atoms with van der Waals surface area (Å²) in [7, 11) is -1.27. The SMILES string of the molecule is C=CCCCN(C)C(=NCC(C)(C)NS(C)(=O)=O)NCC. The van der Waals surface area contributed by atoms with Gasteiger partial charge in [0.1, 0.15) is 0 Å². The Bertz CT molecular complexity index is 444. The summed E-state index contributed by atoms with van der Waals surface area (Å²) in [5.41, 5.74) is -0.615. The maximum absolute atomic E-state index is 11.3. The Morgan fingerprint density at radius 2 is 2.05 bits per heavy atom. The Labute approximate surface area is 129 Å². The predicted octanol–water partition coefficient (Wildman–Crippen LogP) is 1.18. The summed E-state index contributed by atoms with van der Waals surface area (Å²) in [6, 6.07) is 0. The summed E-state index contributed by atoms with van der Waals surface area (Å²) in [4.78, 5) is 6.57. The average Bonchev–Trinajstić information content (AvgIpc) is 2.31. The van der Waals surface area contributed by atoms with E-state index in [-0.39, 0.29) is 0 Å². The maximum atomic E-state index is 11.3. The Morgan fingerprint density at radius 3 is 2.52 bits per heavy atom. The third-order valence-electron chi connectivity index (χ3n) is 2.68. The van der Waals surface area contributed by atoms with Gasteiger partial charge >= 0.3 is 0 Å². The van der Waals surface area contributed by atoms with E-state index in [4.69, 9.17) is 0 Å². The molecule has 6 nitrogen and oxygen atoms in total. The van der Waals surface area contributed by atoms with Crippen molar-refractivity contribution >= 4 is 16.0 Å². The normalized spacial score (nSPS) is 13.1. The number of rotatable bonds is 9. The van der Waals surface area contributed by atoms with Crippen LogP contribution < -0.4 is 10.0 Å². The largest absolute Gasteiger partial charge is 0.357 e. The van der Waals surface area contributed by atoms with E-state index in [1.807, 2.05) is 38.8 Å². The minimum atomic E-state index is -3.24. The number of nitrogens with one attached hydrogen (secondary N) is 2. The molecule has 2 N–H and O–H groups in total. The quantitative estimate of drug-likeness (QED) is 0.290. The highest BCUT2D eigenvalue weighted by Gasteiger charge is 2.22. The van der Waals surface area contributed by atoms with Crippen molar-refractivity contribution in [2.24, 2.45) is 4.99 Å². The molecule has 0 amide bonds. The first-order valence-corrected chi connectivity index (χ1v) is 9.09. The fourth-order valence-corrected chi connectivity index (χ4v) is 2.92. The third kappa shape index (κ3) is 10.3. The minimum Gasteiger partial charge on any atom is -0.357 e. The van der Waals surface area contributed by atoms with Crippen LogP contribution in [0.25, 0.3) is 0 Å². The summed E-state index contributed by atoms with van der Waals surface area (Å²) >= 11 is 0. The molecule has 0 atom stereocenters. The van der Waals surface area contributed by atoms with Crippen molar-refractivity contribution in [2.45, 2.75) is 39.2 Å². The second kappa shape index (κ2) is 9.04. The van der Waals surface area contributed by atoms with Gasteiger partial charge in [-0.3, -0.25) is 4.99 Å². The summed E-state index contributed by atoms with van der Waals surface area (Å²) in [5.74, 6) is 0.782. The lowest BCUT2D eigenvalue weighted by Gasteiger charge is -2.26. The van der Waals surface area contributed by atoms with Crippen molar-refractivity contribution in [3.8, 4) is 0 Å². The zero-order chi connectivity index (χ0) is 16.5. The van der Waals surface area contributed by atoms with Crippen molar-refractivity contribution in [2.75, 3.05) is 32.9 Å². The molecule has 0 aliphatic rings. The van der Waals surface area contributed by atoms with Crippen LogP contribution in [0.4, 0.5) is 0 Å². The van der Waals surface area contributed by atoms with Crippen LogP contribution in [0.15, 0.2) is 17.6 Å². The number of unbranched alkanes of at least 4 members (excludes halogenated alkanes) is 1. The van der Waals surface area contributed by atoms with Crippen LogP contribution in [0.5, 0.6) is 0 Å². The molecule has 124 valence electrons. The molecule has 0 aliphatic heterocycles. The zero-order valence-corrected chi connectivity index (χ0v) is 14.8. The highest BCUT2D eigenvalue weighted by molar-refractivity contribution is 7.88. The van der Waals surface area contributed by atoms with Crippen LogP contribution in [-0.2, 0) is 10.0 Å². The fourth-order valence-electron chi connectivity index (χ4n) is 1.86. The van der Waals surface area contributed by atoms with E-state index >= 15 is 0 Å². The van der Waals surface area contributed by atoms with Crippen molar-refractivity contribution in [3.05, 3.63) is 12.7 Å². The molecule has 0 fully saturated rings. The number of guanidine groups is 1. The van der Waals surface area contributed by atoms with Gasteiger partial charge in [-0.2, -0.15) is 0 Å². The molecule has 0 heterocycles. The standard InChI is InChI=1S/C14H30N4O2S/c1-7-9-10-11-18(5)13(15-8-2)16-12-14(3,4)17-21(6,19)20/h7,17H,1,8-12H2,2-6H3,(H,15,16). The number of allylic oxidation sites excluding steroid dienone is 1. The molecule has 0 unspecified atom stereocenters. The van der Waals surface area contributed by atoms with E-state index in [0.29, 0.717) is 6.54 Å². The van der Waals surface area contributed by atoms with Gasteiger partial charge < -0.3 is 10.2 Å². The van der Waals surface area contributed by atoms with Crippen LogP contribution in [0.3, 0.4) is 0 Å². The van der Waals surface area contributed by atoms with Crippen LogP contribution in [0.2, 0.25) is 0 Å². The lowest BCUT2D eigenvalue weighted by molar-refractivity contribution is 0.444. The van der Waals surface area contributed by atoms with Crippen molar-refractivity contribution in [1.29, 1.82) is 0 Å². The summed E-state index contributed by atoms with van der Waals surface area (Å²) in [6.07, 6.45) is 5.03. The highest BCUT2D eigenvalue weighted by atomic mass is 32.2. The molecule has 0 aromatic rings. The second-order valence-corrected chi connectivity index (χ2v) is 7.53. The molecule has 0 rings (SSSR count). The molecule has 0 saturated carbocycles. The van der Waals surface area contributed by atoms with Gasteiger partial charge in [0.15, 0.2) is 5.96 Å². The van der Waals surface area contributed by atoms with Gasteiger partial charge in [-0.1, -0.05) is 6.08 Å². The zero-order valence-electron chi connectivity index (χ0n) is 13.9. The molecule has 0 saturated heterocycles. The van der Waals surface area contributed by atoms with Crippen molar-refractivity contribution < 1.29 is 8.42 Å². The second-order valence-electron chi connectivity index (χ2n) is 5.78. The van der Waals surface area contributed by atoms with Gasteiger partial charge in [0.05, 0.1) is 12.8 Å². The first-order valence-electron chi connectivity index (χ1n) is 7.20. The number of aliphatic imine (C=N–C) groups is 1. The van der Waals surface area contributed by atoms with E-state index < -0.39 is 15.6 Å². The van der Waals surface area contributed by atoms with Gasteiger partial charge in [0.2, 0.25) is 10.0 Å². The number of sulfonamides is 1. The molecular formula is C14H30N4O2S. The summed E-state index contributed by atoms with van der Waals surface area (Å²) in [6.45, 7) is 11.4. The van der Waals surface area contributed by atoms with E-state index in [0.717, 1.165) is 38.1 Å². The molecule has 0 radical (unpaired) electrons. The van der Waals surface area contributed by atoms with Crippen molar-refractivity contribution in [1.82, 2.24) is 14.9 Å². The molecule has 0 spiro atoms. The molecule has 7 heteroatoms. The van der Waals surface area contributed by atoms with Crippen LogP contribution in [-0.4, -0.2) is 57.8 Å². The first kappa shape index (κ1) is 19.9. The van der Waals surface area contributed by atoms with Gasteiger partial charge in [-0.05, 0) is 33.6 Å². The van der Waals surface area contributed by atoms with Crippen LogP contribution in [0, 0.1) is 0 Å². The summed E-state index contributed by atoms with van der Waals surface area (Å²) < 4.78 is 25.3. The Kier molecular flexibility index (Phi) is 8.58. The molecular weight excluding hydrogens is 288 g/mol. The number of hydrogen-bond donors (Lipinski definition) is 2. The van der Waals surface area contributed by atoms with Gasteiger partial charge in [-0.25, -0.2) is 13.1 Å². The Hall–Kier alpha value is -1.08. The molecule has 0 aliphatic carbocycles. The molecule has 21 heavy (non-hydrogen) atoms. The van der Waals surface area contributed by atoms with Crippen LogP contribution in [0.1, 0.15) is 33.6 Å². The van der Waals surface area contributed by atoms with Crippen LogP contribution >= 0.6 is 0 Å². The van der Waals surface area contributed by atoms with E-state index in [9.17, 15) is 8.42 Å². The topological polar surface area (TPSA) is 73.8 Å². The van der Waals surface area contributed by atoms with E-state index in [1.165, 1.54) is 0 Å². The van der Waals surface area contributed by atoms with Gasteiger partial charge in [0, 0.05) is 25.7 Å². The molecule has 0 aromatic carbocycles. The minimum absolute atomic E-state index is 0.369. The maximum Gasteiger partial charge on any atom is 0.209 e. The fraction of sp³-hybridized carbons (Fsp3) is 0.786. The molecule has 0 aromatic heterocycles. The van der Waals surface area contributed by atoms with E-state index in [2.05, 4.69) is 21.6 Å². The lowest BCUT2D eigenvalue weighted by Crippen LogP contribution is -2.47. The smallest absolute Gasteiger partial charge is 0.209 e. The highest BCUT2D eigenvalue weighted by Crippen LogP contribution is 2.05. The van der Waals surface area contributed by atoms with E-state index in [1.54, 1.807) is 0 Å². The number of nitrogens with zero attached hydrogens (tertiary/aromatic N) is 2. The third-order valence-corrected chi connectivity index (χ3v) is 3.61. The lowest BCUT2D eigenvalue weighted by atomic mass is 10.1. The average molecular weight is 318 g/mol. The van der Waals surface area contributed by atoms with Crippen molar-refractivity contribution in [3.63, 3.8) is 0 Å². The van der Waals surface area contributed by atoms with Gasteiger partial charge in [-0.15, -0.1) is 6.58 Å². The predicted molar refractivity (Wildman–Crippen MR) is 90.1 cm³/mol. The number of hydrogen-bond acceptors (Lipinski definition) is 3. The molecule has 0 bridgehead atoms. The van der Waals surface area contributed by atoms with Gasteiger partial charge in [0.25, 0.3) is 0 Å². The monoisotopic (exact) mass is 318 g/mol. The summed E-state index contributed by atoms with van der Waals surface area (Å²) in [5, 5.41) is 3.22.